The van der Waals surface area contributed by atoms with Crippen LogP contribution in [0.2, 0.25) is 0 Å². The number of rotatable bonds is 4. The Bertz CT molecular complexity index is 960. The number of fused-ring (bicyclic) bond motifs is 1. The Morgan fingerprint density at radius 3 is 2.56 bits per heavy atom. The van der Waals surface area contributed by atoms with Crippen LogP contribution in [0.4, 0.5) is 5.82 Å². The molecule has 0 bridgehead atoms. The number of anilines is 1. The molecule has 10 heteroatoms. The van der Waals surface area contributed by atoms with E-state index in [1.807, 2.05) is 0 Å². The summed E-state index contributed by atoms with van der Waals surface area (Å²) in [6, 6.07) is 7.16. The van der Waals surface area contributed by atoms with E-state index in [1.165, 1.54) is 10.9 Å². The molecule has 1 fully saturated rings. The smallest absolute Gasteiger partial charge is 0.168 e. The lowest BCUT2D eigenvalue weighted by Crippen LogP contribution is -2.33. The molecule has 142 valence electrons. The Hall–Kier alpha value is -2.79. The lowest BCUT2D eigenvalue weighted by Gasteiger charge is -2.16. The van der Waals surface area contributed by atoms with E-state index < -0.39 is 31.1 Å². The Kier molecular flexibility index (Phi) is 4.40. The Labute approximate surface area is 153 Å². The topological polar surface area (TPSA) is 149 Å². The third kappa shape index (κ3) is 2.88. The maximum absolute atomic E-state index is 10.3. The van der Waals surface area contributed by atoms with Crippen LogP contribution in [0.15, 0.2) is 30.6 Å². The second-order valence-electron chi connectivity index (χ2n) is 6.21. The minimum atomic E-state index is -1.25. The molecule has 2 aromatic heterocycles. The van der Waals surface area contributed by atoms with E-state index in [0.717, 1.165) is 5.56 Å². The zero-order valence-corrected chi connectivity index (χ0v) is 14.4. The van der Waals surface area contributed by atoms with E-state index in [9.17, 15) is 15.3 Å². The van der Waals surface area contributed by atoms with Gasteiger partial charge in [-0.25, -0.2) is 15.0 Å². The highest BCUT2D eigenvalue weighted by Crippen LogP contribution is 2.32. The number of imidazole rings is 1. The lowest BCUT2D eigenvalue weighted by atomic mass is 10.1. The standard InChI is InChI=1S/C17H19N5O5/c1-26-9-4-2-8(3-5-9)15-20-14(18)11-16(21-15)22(7-19-11)17-13(25)12(24)10(6-23)27-17/h2-5,7,10,12-13,17,23-25H,6H2,1H3,(H2,18,20,21)/t10-,12-,13-,17-/m1/s1. The molecule has 0 saturated carbocycles. The minimum absolute atomic E-state index is 0.177. The van der Waals surface area contributed by atoms with Crippen LogP contribution in [0, 0.1) is 0 Å². The van der Waals surface area contributed by atoms with E-state index in [1.54, 1.807) is 31.4 Å². The highest BCUT2D eigenvalue weighted by Gasteiger charge is 2.44. The highest BCUT2D eigenvalue weighted by atomic mass is 16.6. The van der Waals surface area contributed by atoms with Crippen molar-refractivity contribution < 1.29 is 24.8 Å². The van der Waals surface area contributed by atoms with Crippen molar-refractivity contribution in [3.05, 3.63) is 30.6 Å². The molecule has 1 aliphatic rings. The van der Waals surface area contributed by atoms with Gasteiger partial charge in [-0.15, -0.1) is 0 Å². The molecule has 0 spiro atoms. The van der Waals surface area contributed by atoms with E-state index in [2.05, 4.69) is 15.0 Å². The van der Waals surface area contributed by atoms with Crippen LogP contribution in [0.5, 0.6) is 5.75 Å². The average Bonchev–Trinajstić information content (AvgIpc) is 3.23. The van der Waals surface area contributed by atoms with Gasteiger partial charge in [0.05, 0.1) is 20.0 Å². The van der Waals surface area contributed by atoms with Crippen LogP contribution in [0.25, 0.3) is 22.6 Å². The second-order valence-corrected chi connectivity index (χ2v) is 6.21. The van der Waals surface area contributed by atoms with Gasteiger partial charge in [-0.05, 0) is 24.3 Å². The molecule has 4 atom stereocenters. The van der Waals surface area contributed by atoms with Crippen LogP contribution in [0.3, 0.4) is 0 Å². The number of aliphatic hydroxyl groups is 3. The predicted molar refractivity (Wildman–Crippen MR) is 94.7 cm³/mol. The fraction of sp³-hybridized carbons (Fsp3) is 0.353. The molecule has 10 nitrogen and oxygen atoms in total. The average molecular weight is 373 g/mol. The summed E-state index contributed by atoms with van der Waals surface area (Å²) < 4.78 is 12.2. The van der Waals surface area contributed by atoms with Crippen molar-refractivity contribution in [2.45, 2.75) is 24.5 Å². The summed E-state index contributed by atoms with van der Waals surface area (Å²) in [5, 5.41) is 29.6. The summed E-state index contributed by atoms with van der Waals surface area (Å²) in [7, 11) is 1.58. The van der Waals surface area contributed by atoms with E-state index in [0.29, 0.717) is 22.7 Å². The summed E-state index contributed by atoms with van der Waals surface area (Å²) in [5.74, 6) is 1.25. The molecule has 3 aromatic rings. The van der Waals surface area contributed by atoms with Gasteiger partial charge in [0, 0.05) is 5.56 Å². The van der Waals surface area contributed by atoms with Crippen molar-refractivity contribution >= 4 is 17.0 Å². The molecular weight excluding hydrogens is 354 g/mol. The van der Waals surface area contributed by atoms with Gasteiger partial charge in [-0.2, -0.15) is 0 Å². The van der Waals surface area contributed by atoms with Crippen molar-refractivity contribution in [3.63, 3.8) is 0 Å². The van der Waals surface area contributed by atoms with Gasteiger partial charge in [0.25, 0.3) is 0 Å². The fourth-order valence-electron chi connectivity index (χ4n) is 3.10. The van der Waals surface area contributed by atoms with Crippen molar-refractivity contribution in [1.29, 1.82) is 0 Å². The first-order valence-corrected chi connectivity index (χ1v) is 8.30. The molecule has 1 aliphatic heterocycles. The summed E-state index contributed by atoms with van der Waals surface area (Å²) in [5.41, 5.74) is 7.46. The first kappa shape index (κ1) is 17.6. The molecular formula is C17H19N5O5. The van der Waals surface area contributed by atoms with Crippen molar-refractivity contribution in [3.8, 4) is 17.1 Å². The maximum Gasteiger partial charge on any atom is 0.168 e. The number of methoxy groups -OCH3 is 1. The molecule has 5 N–H and O–H groups in total. The van der Waals surface area contributed by atoms with Crippen molar-refractivity contribution in [2.24, 2.45) is 0 Å². The number of benzene rings is 1. The first-order valence-electron chi connectivity index (χ1n) is 8.30. The maximum atomic E-state index is 10.3. The third-order valence-electron chi connectivity index (χ3n) is 4.59. The van der Waals surface area contributed by atoms with E-state index in [-0.39, 0.29) is 5.82 Å². The molecule has 1 saturated heterocycles. The summed E-state index contributed by atoms with van der Waals surface area (Å²) in [6.45, 7) is -0.421. The molecule has 0 aliphatic carbocycles. The van der Waals surface area contributed by atoms with E-state index >= 15 is 0 Å². The zero-order chi connectivity index (χ0) is 19.1. The van der Waals surface area contributed by atoms with Gasteiger partial charge in [0.1, 0.15) is 29.6 Å². The van der Waals surface area contributed by atoms with Crippen molar-refractivity contribution in [1.82, 2.24) is 19.5 Å². The van der Waals surface area contributed by atoms with Gasteiger partial charge < -0.3 is 30.5 Å². The molecule has 27 heavy (non-hydrogen) atoms. The van der Waals surface area contributed by atoms with Crippen LogP contribution >= 0.6 is 0 Å². The Morgan fingerprint density at radius 1 is 1.19 bits per heavy atom. The molecule has 1 aromatic carbocycles. The van der Waals surface area contributed by atoms with Gasteiger partial charge in [0.15, 0.2) is 23.5 Å². The Balaban J connectivity index is 1.78. The van der Waals surface area contributed by atoms with E-state index in [4.69, 9.17) is 15.2 Å². The second kappa shape index (κ2) is 6.74. The van der Waals surface area contributed by atoms with Crippen LogP contribution in [-0.4, -0.2) is 66.9 Å². The minimum Gasteiger partial charge on any atom is -0.497 e. The van der Waals surface area contributed by atoms with Gasteiger partial charge in [-0.3, -0.25) is 4.57 Å². The lowest BCUT2D eigenvalue weighted by molar-refractivity contribution is -0.0511. The molecule has 3 heterocycles. The number of aromatic nitrogens is 4. The molecule has 4 rings (SSSR count). The quantitative estimate of drug-likeness (QED) is 0.483. The monoisotopic (exact) mass is 373 g/mol. The third-order valence-corrected chi connectivity index (χ3v) is 4.59. The molecule has 0 unspecified atom stereocenters. The largest absolute Gasteiger partial charge is 0.497 e. The highest BCUT2D eigenvalue weighted by molar-refractivity contribution is 5.83. The van der Waals surface area contributed by atoms with Gasteiger partial charge in [-0.1, -0.05) is 0 Å². The Morgan fingerprint density at radius 2 is 1.93 bits per heavy atom. The first-order chi connectivity index (χ1) is 13.0. The number of nitrogens with two attached hydrogens (primary N) is 1. The summed E-state index contributed by atoms with van der Waals surface area (Å²) in [6.07, 6.45) is -2.92. The number of aliphatic hydroxyl groups excluding tert-OH is 3. The number of ether oxygens (including phenoxy) is 2. The van der Waals surface area contributed by atoms with Gasteiger partial charge >= 0.3 is 0 Å². The van der Waals surface area contributed by atoms with Crippen LogP contribution in [-0.2, 0) is 4.74 Å². The summed E-state index contributed by atoms with van der Waals surface area (Å²) >= 11 is 0. The number of hydrogen-bond acceptors (Lipinski definition) is 9. The zero-order valence-electron chi connectivity index (χ0n) is 14.4. The van der Waals surface area contributed by atoms with Crippen LogP contribution in [0.1, 0.15) is 6.23 Å². The fourth-order valence-corrected chi connectivity index (χ4v) is 3.10. The van der Waals surface area contributed by atoms with Gasteiger partial charge in [0.2, 0.25) is 0 Å². The number of nitrogen functional groups attached to an aromatic ring is 1. The van der Waals surface area contributed by atoms with Crippen molar-refractivity contribution in [2.75, 3.05) is 19.5 Å². The SMILES string of the molecule is COc1ccc(-c2nc(N)c3ncn([C@@H]4O[C@H](CO)[C@@H](O)[C@H]4O)c3n2)cc1. The molecule has 0 radical (unpaired) electrons. The summed E-state index contributed by atoms with van der Waals surface area (Å²) in [4.78, 5) is 13.0. The predicted octanol–water partition coefficient (Wildman–Crippen LogP) is -0.304. The molecule has 0 amide bonds. The number of hydrogen-bond donors (Lipinski definition) is 4. The normalized spacial score (nSPS) is 25.2. The number of nitrogens with zero attached hydrogens (tertiary/aromatic N) is 4. The van der Waals surface area contributed by atoms with Crippen LogP contribution < -0.4 is 10.5 Å².